The maximum absolute atomic E-state index is 14.6. The Hall–Kier alpha value is -1.96. The number of nitrogens with two attached hydrogens (primary N) is 2. The van der Waals surface area contributed by atoms with E-state index in [-0.39, 0.29) is 23.3 Å². The van der Waals surface area contributed by atoms with E-state index in [1.165, 1.54) is 6.07 Å². The Labute approximate surface area is 181 Å². The maximum Gasteiger partial charge on any atom is 0.151 e. The highest BCUT2D eigenvalue weighted by Crippen LogP contribution is 2.41. The van der Waals surface area contributed by atoms with Gasteiger partial charge in [0.25, 0.3) is 0 Å². The van der Waals surface area contributed by atoms with Crippen molar-refractivity contribution in [3.63, 3.8) is 0 Å². The molecule has 0 bridgehead atoms. The van der Waals surface area contributed by atoms with Crippen molar-refractivity contribution in [2.75, 3.05) is 30.8 Å². The molecule has 0 atom stereocenters. The molecule has 5 N–H and O–H groups in total. The number of pyridine rings is 2. The van der Waals surface area contributed by atoms with Crippen LogP contribution in [0, 0.1) is 11.7 Å². The fraction of sp³-hybridized carbons (Fsp3) is 0.545. The minimum Gasteiger partial charge on any atom is -0.384 e. The molecule has 30 heavy (non-hydrogen) atoms. The third kappa shape index (κ3) is 4.85. The van der Waals surface area contributed by atoms with Gasteiger partial charge >= 0.3 is 0 Å². The van der Waals surface area contributed by atoms with Crippen LogP contribution in [0.4, 0.5) is 16.0 Å². The van der Waals surface area contributed by atoms with Gasteiger partial charge in [0.2, 0.25) is 0 Å². The number of halogens is 2. The van der Waals surface area contributed by atoms with Crippen LogP contribution in [0.5, 0.6) is 0 Å². The van der Waals surface area contributed by atoms with Crippen molar-refractivity contribution in [1.82, 2.24) is 9.97 Å². The summed E-state index contributed by atoms with van der Waals surface area (Å²) in [5, 5.41) is 3.94. The van der Waals surface area contributed by atoms with E-state index in [9.17, 15) is 4.39 Å². The van der Waals surface area contributed by atoms with Crippen LogP contribution in [-0.2, 0) is 4.74 Å². The molecule has 2 aromatic heterocycles. The van der Waals surface area contributed by atoms with Gasteiger partial charge in [-0.1, -0.05) is 11.6 Å². The predicted molar refractivity (Wildman–Crippen MR) is 118 cm³/mol. The maximum atomic E-state index is 14.6. The average molecular weight is 434 g/mol. The highest BCUT2D eigenvalue weighted by Gasteiger charge is 2.26. The summed E-state index contributed by atoms with van der Waals surface area (Å²) in [4.78, 5) is 8.50. The molecule has 1 saturated heterocycles. The lowest BCUT2D eigenvalue weighted by atomic mass is 9.82. The van der Waals surface area contributed by atoms with E-state index in [0.29, 0.717) is 22.5 Å². The number of anilines is 2. The summed E-state index contributed by atoms with van der Waals surface area (Å²) in [5.41, 5.74) is 13.6. The number of nitrogens with one attached hydrogen (secondary N) is 1. The molecule has 3 heterocycles. The Bertz CT molecular complexity index is 882. The van der Waals surface area contributed by atoms with Gasteiger partial charge in [0.05, 0.1) is 16.9 Å². The van der Waals surface area contributed by atoms with E-state index in [1.54, 1.807) is 0 Å². The van der Waals surface area contributed by atoms with E-state index < -0.39 is 5.82 Å². The van der Waals surface area contributed by atoms with E-state index in [0.717, 1.165) is 70.0 Å². The molecule has 0 radical (unpaired) electrons. The summed E-state index contributed by atoms with van der Waals surface area (Å²) < 4.78 is 20.0. The molecule has 8 heteroatoms. The molecular weight excluding hydrogens is 405 g/mol. The van der Waals surface area contributed by atoms with Crippen molar-refractivity contribution in [3.05, 3.63) is 34.7 Å². The molecule has 0 aromatic carbocycles. The number of nitrogens with zero attached hydrogens (tertiary/aromatic N) is 2. The van der Waals surface area contributed by atoms with Gasteiger partial charge in [-0.3, -0.25) is 0 Å². The molecular formula is C22H29ClFN5O. The van der Waals surface area contributed by atoms with E-state index in [4.69, 9.17) is 27.8 Å². The third-order valence-corrected chi connectivity index (χ3v) is 6.64. The molecule has 1 saturated carbocycles. The topological polar surface area (TPSA) is 99.1 Å². The van der Waals surface area contributed by atoms with E-state index >= 15 is 0 Å². The molecule has 0 spiro atoms. The Morgan fingerprint density at radius 2 is 1.87 bits per heavy atom. The minimum absolute atomic E-state index is 0.232. The summed E-state index contributed by atoms with van der Waals surface area (Å²) in [6, 6.07) is 3.76. The monoisotopic (exact) mass is 433 g/mol. The van der Waals surface area contributed by atoms with E-state index in [1.807, 2.05) is 6.07 Å². The van der Waals surface area contributed by atoms with Crippen molar-refractivity contribution in [2.24, 2.45) is 11.7 Å². The van der Waals surface area contributed by atoms with Crippen LogP contribution in [-0.4, -0.2) is 35.8 Å². The second kappa shape index (κ2) is 9.45. The highest BCUT2D eigenvalue weighted by molar-refractivity contribution is 6.34. The normalized spacial score (nSPS) is 22.8. The first-order valence-corrected chi connectivity index (χ1v) is 11.1. The Kier molecular flexibility index (Phi) is 6.71. The molecule has 4 rings (SSSR count). The van der Waals surface area contributed by atoms with Gasteiger partial charge in [-0.05, 0) is 68.1 Å². The van der Waals surface area contributed by atoms with Gasteiger partial charge in [0.15, 0.2) is 5.82 Å². The lowest BCUT2D eigenvalue weighted by Crippen LogP contribution is -2.26. The number of rotatable bonds is 5. The summed E-state index contributed by atoms with van der Waals surface area (Å²) in [5.74, 6) is 1.27. The summed E-state index contributed by atoms with van der Waals surface area (Å²) in [7, 11) is 0. The van der Waals surface area contributed by atoms with Crippen LogP contribution >= 0.6 is 11.6 Å². The zero-order valence-electron chi connectivity index (χ0n) is 17.0. The number of hydrogen-bond acceptors (Lipinski definition) is 6. The Morgan fingerprint density at radius 3 is 2.60 bits per heavy atom. The first-order valence-electron chi connectivity index (χ1n) is 10.7. The quantitative estimate of drug-likeness (QED) is 0.648. The van der Waals surface area contributed by atoms with Crippen LogP contribution in [0.2, 0.25) is 5.02 Å². The van der Waals surface area contributed by atoms with Gasteiger partial charge in [0.1, 0.15) is 11.6 Å². The van der Waals surface area contributed by atoms with Crippen molar-refractivity contribution in [3.8, 4) is 11.3 Å². The second-order valence-electron chi connectivity index (χ2n) is 8.40. The standard InChI is InChI=1S/C22H29ClFN5O/c23-21-16(14-1-3-15(25)4-2-14)10-20(28-11-13-5-7-30-8-6-13)29-22(21)17-9-19(26)27-12-18(17)24/h9-10,12-15H,1-8,11,25H2,(H2,26,27)(H,28,29). The fourth-order valence-corrected chi connectivity index (χ4v) is 4.73. The fourth-order valence-electron chi connectivity index (χ4n) is 4.38. The number of nitrogen functional groups attached to an aromatic ring is 1. The lowest BCUT2D eigenvalue weighted by Gasteiger charge is -2.28. The molecule has 6 nitrogen and oxygen atoms in total. The molecule has 0 amide bonds. The summed E-state index contributed by atoms with van der Waals surface area (Å²) in [6.45, 7) is 2.38. The van der Waals surface area contributed by atoms with Gasteiger partial charge < -0.3 is 21.5 Å². The first-order chi connectivity index (χ1) is 14.5. The van der Waals surface area contributed by atoms with E-state index in [2.05, 4.69) is 15.3 Å². The van der Waals surface area contributed by atoms with Crippen LogP contribution in [0.25, 0.3) is 11.3 Å². The van der Waals surface area contributed by atoms with Gasteiger partial charge in [-0.2, -0.15) is 0 Å². The summed E-state index contributed by atoms with van der Waals surface area (Å²) in [6.07, 6.45) is 7.01. The Morgan fingerprint density at radius 1 is 1.13 bits per heavy atom. The molecule has 2 aliphatic rings. The van der Waals surface area contributed by atoms with Crippen molar-refractivity contribution >= 4 is 23.2 Å². The Balaban J connectivity index is 1.68. The van der Waals surface area contributed by atoms with Crippen molar-refractivity contribution < 1.29 is 9.13 Å². The van der Waals surface area contributed by atoms with Crippen LogP contribution in [0.3, 0.4) is 0 Å². The molecule has 1 aliphatic heterocycles. The van der Waals surface area contributed by atoms with Crippen molar-refractivity contribution in [2.45, 2.75) is 50.5 Å². The lowest BCUT2D eigenvalue weighted by molar-refractivity contribution is 0.0699. The van der Waals surface area contributed by atoms with Crippen LogP contribution in [0.15, 0.2) is 18.3 Å². The smallest absolute Gasteiger partial charge is 0.151 e. The van der Waals surface area contributed by atoms with Crippen LogP contribution < -0.4 is 16.8 Å². The van der Waals surface area contributed by atoms with Gasteiger partial charge in [-0.15, -0.1) is 0 Å². The highest BCUT2D eigenvalue weighted by atomic mass is 35.5. The SMILES string of the molecule is Nc1cc(-c2nc(NCC3CCOCC3)cc(C3CCC(N)CC3)c2Cl)c(F)cn1. The second-order valence-corrected chi connectivity index (χ2v) is 8.77. The van der Waals surface area contributed by atoms with Crippen molar-refractivity contribution in [1.29, 1.82) is 0 Å². The summed E-state index contributed by atoms with van der Waals surface area (Å²) >= 11 is 6.79. The minimum atomic E-state index is -0.489. The van der Waals surface area contributed by atoms with Gasteiger partial charge in [0, 0.05) is 31.4 Å². The first kappa shape index (κ1) is 21.3. The zero-order chi connectivity index (χ0) is 21.1. The number of hydrogen-bond donors (Lipinski definition) is 3. The average Bonchev–Trinajstić information content (AvgIpc) is 2.76. The molecule has 0 unspecified atom stereocenters. The van der Waals surface area contributed by atoms with Gasteiger partial charge in [-0.25, -0.2) is 14.4 Å². The van der Waals surface area contributed by atoms with Crippen LogP contribution in [0.1, 0.15) is 50.0 Å². The number of ether oxygens (including phenoxy) is 1. The predicted octanol–water partition coefficient (Wildman–Crippen LogP) is 4.34. The molecule has 162 valence electrons. The molecule has 2 fully saturated rings. The molecule has 2 aromatic rings. The molecule has 1 aliphatic carbocycles. The zero-order valence-corrected chi connectivity index (χ0v) is 17.8. The largest absolute Gasteiger partial charge is 0.384 e. The number of aromatic nitrogens is 2. The third-order valence-electron chi connectivity index (χ3n) is 6.24.